The standard InChI is InChI=1S/C30H20N2O.C18H14N2.C12H10N2.CH3/c1-2-8-22(9-3-1)32-27-12-6-4-10-23(27)25-18-20(14-16-28(25)32)31-21-15-17-30-26(19-21)24-11-5-7-13-29(24)33-30;19-13-10-11-18-16(12-13)15-8-4-5-9-17(15)20(18)14-6-2-1-3-7-14;13-8-5-6-12-10(7-8)9-3-1-2-4-11(9)14-12;/h1-19,31H;1-12H,19H2;1-7,14H,13H2;1H3/q;;;-1. The first-order valence-corrected chi connectivity index (χ1v) is 22.4. The van der Waals surface area contributed by atoms with E-state index >= 15 is 0 Å². The van der Waals surface area contributed by atoms with Crippen LogP contribution in [0, 0.1) is 7.43 Å². The fourth-order valence-electron chi connectivity index (χ4n) is 9.59. The molecule has 10 aromatic carbocycles. The van der Waals surface area contributed by atoms with Gasteiger partial charge in [0.25, 0.3) is 0 Å². The molecule has 0 saturated carbocycles. The lowest BCUT2D eigenvalue weighted by molar-refractivity contribution is 0.669. The van der Waals surface area contributed by atoms with Gasteiger partial charge in [-0.2, -0.15) is 0 Å². The van der Waals surface area contributed by atoms with Crippen molar-refractivity contribution in [1.82, 2.24) is 14.1 Å². The molecule has 14 aromatic rings. The average molecular weight is 880 g/mol. The number of H-pyrrole nitrogens is 1. The summed E-state index contributed by atoms with van der Waals surface area (Å²) in [6, 6.07) is 79.3. The van der Waals surface area contributed by atoms with Crippen molar-refractivity contribution in [2.45, 2.75) is 0 Å². The number of hydrogen-bond acceptors (Lipinski definition) is 4. The van der Waals surface area contributed by atoms with Crippen LogP contribution in [-0.4, -0.2) is 14.1 Å². The third kappa shape index (κ3) is 7.38. The summed E-state index contributed by atoms with van der Waals surface area (Å²) >= 11 is 0. The van der Waals surface area contributed by atoms with Gasteiger partial charge in [-0.15, -0.1) is 0 Å². The second kappa shape index (κ2) is 17.3. The molecule has 0 unspecified atom stereocenters. The Bertz CT molecular complexity index is 4100. The SMILES string of the molecule is Nc1ccc2[nH]c3ccccc3c2c1.Nc1ccc2c(c1)c1ccccc1n2-c1ccccc1.[CH3-].c1ccc(-n2c3ccccc3c3cc(Nc4ccc5oc6ccccc6c5c4)ccc32)cc1. The van der Waals surface area contributed by atoms with Crippen molar-refractivity contribution in [3.8, 4) is 11.4 Å². The van der Waals surface area contributed by atoms with E-state index in [-0.39, 0.29) is 7.43 Å². The molecule has 4 aromatic heterocycles. The molecular formula is C61H47N6O-. The van der Waals surface area contributed by atoms with Crippen molar-refractivity contribution in [2.75, 3.05) is 16.8 Å². The van der Waals surface area contributed by atoms with Gasteiger partial charge in [-0.05, 0) is 121 Å². The van der Waals surface area contributed by atoms with Gasteiger partial charge in [0.05, 0.1) is 22.1 Å². The van der Waals surface area contributed by atoms with Crippen LogP contribution in [0.25, 0.3) is 98.7 Å². The molecule has 68 heavy (non-hydrogen) atoms. The molecule has 6 N–H and O–H groups in total. The minimum Gasteiger partial charge on any atom is -0.456 e. The highest BCUT2D eigenvalue weighted by atomic mass is 16.3. The minimum absolute atomic E-state index is 0. The third-order valence-corrected chi connectivity index (χ3v) is 12.6. The Labute approximate surface area is 393 Å². The zero-order chi connectivity index (χ0) is 44.8. The fourth-order valence-corrected chi connectivity index (χ4v) is 9.59. The number of aromatic nitrogens is 3. The first-order valence-electron chi connectivity index (χ1n) is 22.4. The van der Waals surface area contributed by atoms with Gasteiger partial charge in [0, 0.05) is 88.2 Å². The average Bonchev–Trinajstić information content (AvgIpc) is 4.12. The number of aromatic amines is 1. The molecule has 0 aliphatic heterocycles. The molecule has 0 atom stereocenters. The summed E-state index contributed by atoms with van der Waals surface area (Å²) in [7, 11) is 0. The quantitative estimate of drug-likeness (QED) is 0.104. The highest BCUT2D eigenvalue weighted by molar-refractivity contribution is 6.12. The smallest absolute Gasteiger partial charge is 0.135 e. The number of nitrogens with two attached hydrogens (primary N) is 2. The summed E-state index contributed by atoms with van der Waals surface area (Å²) in [4.78, 5) is 3.35. The number of nitrogens with one attached hydrogen (secondary N) is 2. The Kier molecular flexibility index (Phi) is 10.6. The van der Waals surface area contributed by atoms with Gasteiger partial charge in [0.15, 0.2) is 0 Å². The van der Waals surface area contributed by atoms with Crippen molar-refractivity contribution in [3.63, 3.8) is 0 Å². The maximum atomic E-state index is 5.98. The lowest BCUT2D eigenvalue weighted by atomic mass is 10.1. The number of nitrogens with zero attached hydrogens (tertiary/aromatic N) is 2. The van der Waals surface area contributed by atoms with Crippen LogP contribution in [0.4, 0.5) is 22.7 Å². The van der Waals surface area contributed by atoms with Gasteiger partial charge < -0.3 is 42.7 Å². The summed E-state index contributed by atoms with van der Waals surface area (Å²) in [5.41, 5.74) is 26.7. The van der Waals surface area contributed by atoms with Crippen LogP contribution in [0.1, 0.15) is 0 Å². The first-order chi connectivity index (χ1) is 33.0. The maximum Gasteiger partial charge on any atom is 0.135 e. The molecule has 4 heterocycles. The van der Waals surface area contributed by atoms with Crippen LogP contribution >= 0.6 is 0 Å². The van der Waals surface area contributed by atoms with E-state index in [1.165, 1.54) is 65.8 Å². The lowest BCUT2D eigenvalue weighted by Gasteiger charge is -2.09. The van der Waals surface area contributed by atoms with Gasteiger partial charge in [0.2, 0.25) is 0 Å². The van der Waals surface area contributed by atoms with E-state index in [2.05, 4.69) is 183 Å². The number of furan rings is 1. The topological polar surface area (TPSA) is 103 Å². The Morgan fingerprint density at radius 1 is 0.338 bits per heavy atom. The van der Waals surface area contributed by atoms with E-state index in [1.807, 2.05) is 66.7 Å². The van der Waals surface area contributed by atoms with Gasteiger partial charge >= 0.3 is 0 Å². The second-order valence-electron chi connectivity index (χ2n) is 16.8. The van der Waals surface area contributed by atoms with E-state index in [4.69, 9.17) is 15.9 Å². The summed E-state index contributed by atoms with van der Waals surface area (Å²) < 4.78 is 10.6. The zero-order valence-corrected chi connectivity index (χ0v) is 37.4. The Morgan fingerprint density at radius 2 is 0.779 bits per heavy atom. The van der Waals surface area contributed by atoms with Crippen LogP contribution in [0.15, 0.2) is 235 Å². The molecule has 0 aliphatic carbocycles. The first kappa shape index (κ1) is 41.5. The number of hydrogen-bond donors (Lipinski definition) is 4. The summed E-state index contributed by atoms with van der Waals surface area (Å²) in [5, 5.41) is 13.2. The molecule has 7 nitrogen and oxygen atoms in total. The molecule has 0 saturated heterocycles. The van der Waals surface area contributed by atoms with E-state index in [9.17, 15) is 0 Å². The normalized spacial score (nSPS) is 11.2. The molecule has 0 aliphatic rings. The van der Waals surface area contributed by atoms with Gasteiger partial charge in [-0.25, -0.2) is 0 Å². The molecule has 14 rings (SSSR count). The minimum atomic E-state index is 0. The van der Waals surface area contributed by atoms with Crippen molar-refractivity contribution in [1.29, 1.82) is 0 Å². The Morgan fingerprint density at radius 3 is 1.44 bits per heavy atom. The molecule has 0 amide bonds. The van der Waals surface area contributed by atoms with Gasteiger partial charge in [-0.1, -0.05) is 109 Å². The molecule has 0 radical (unpaired) electrons. The summed E-state index contributed by atoms with van der Waals surface area (Å²) in [6.07, 6.45) is 0. The van der Waals surface area contributed by atoms with E-state index in [1.54, 1.807) is 0 Å². The Hall–Kier alpha value is -9.20. The van der Waals surface area contributed by atoms with Crippen molar-refractivity contribution in [3.05, 3.63) is 238 Å². The van der Waals surface area contributed by atoms with E-state index < -0.39 is 0 Å². The molecule has 7 heteroatoms. The van der Waals surface area contributed by atoms with Crippen molar-refractivity contribution < 1.29 is 4.42 Å². The largest absolute Gasteiger partial charge is 0.456 e. The summed E-state index contributed by atoms with van der Waals surface area (Å²) in [5.74, 6) is 0. The highest BCUT2D eigenvalue weighted by Crippen LogP contribution is 2.37. The number of rotatable bonds is 4. The molecule has 0 spiro atoms. The monoisotopic (exact) mass is 879 g/mol. The molecule has 328 valence electrons. The van der Waals surface area contributed by atoms with Crippen LogP contribution in [-0.2, 0) is 0 Å². The predicted octanol–water partition coefficient (Wildman–Crippen LogP) is 16.1. The molecule has 0 bridgehead atoms. The van der Waals surface area contributed by atoms with Gasteiger partial charge in [-0.3, -0.25) is 0 Å². The van der Waals surface area contributed by atoms with Gasteiger partial charge in [0.1, 0.15) is 11.2 Å². The molecule has 0 fully saturated rings. The number of anilines is 4. The third-order valence-electron chi connectivity index (χ3n) is 12.6. The van der Waals surface area contributed by atoms with Crippen LogP contribution < -0.4 is 16.8 Å². The maximum absolute atomic E-state index is 5.98. The van der Waals surface area contributed by atoms with Crippen LogP contribution in [0.2, 0.25) is 0 Å². The highest BCUT2D eigenvalue weighted by Gasteiger charge is 2.14. The Balaban J connectivity index is 0.000000123. The number of fused-ring (bicyclic) bond motifs is 12. The van der Waals surface area contributed by atoms with E-state index in [0.717, 1.165) is 55.7 Å². The number of nitrogen functional groups attached to an aromatic ring is 2. The van der Waals surface area contributed by atoms with Crippen molar-refractivity contribution in [2.24, 2.45) is 0 Å². The van der Waals surface area contributed by atoms with Crippen molar-refractivity contribution >= 4 is 110 Å². The molecular weight excluding hydrogens is 833 g/mol. The predicted molar refractivity (Wildman–Crippen MR) is 290 cm³/mol. The van der Waals surface area contributed by atoms with E-state index in [0.29, 0.717) is 0 Å². The van der Waals surface area contributed by atoms with Crippen LogP contribution in [0.5, 0.6) is 0 Å². The number of benzene rings is 10. The fraction of sp³-hybridized carbons (Fsp3) is 0. The number of para-hydroxylation sites is 6. The van der Waals surface area contributed by atoms with Crippen LogP contribution in [0.3, 0.4) is 0 Å². The zero-order valence-electron chi connectivity index (χ0n) is 37.4. The lowest BCUT2D eigenvalue weighted by Crippen LogP contribution is -1.93. The summed E-state index contributed by atoms with van der Waals surface area (Å²) in [6.45, 7) is 0. The second-order valence-corrected chi connectivity index (χ2v) is 16.8.